The van der Waals surface area contributed by atoms with Crippen molar-refractivity contribution in [1.29, 1.82) is 0 Å². The molecular weight excluding hydrogens is 617 g/mol. The number of para-hydroxylation sites is 2. The van der Waals surface area contributed by atoms with Crippen molar-refractivity contribution < 1.29 is 32.6 Å². The molecule has 2 atom stereocenters. The number of methoxy groups -OCH3 is 1. The maximum absolute atomic E-state index is 13.7. The van der Waals surface area contributed by atoms with Crippen molar-refractivity contribution in [3.8, 4) is 10.8 Å². The summed E-state index contributed by atoms with van der Waals surface area (Å²) in [6, 6.07) is 11.7. The van der Waals surface area contributed by atoms with E-state index in [9.17, 15) is 22.8 Å². The molecule has 8 nitrogen and oxygen atoms in total. The van der Waals surface area contributed by atoms with Crippen LogP contribution in [0.4, 0.5) is 18.9 Å². The number of piperazine rings is 1. The summed E-state index contributed by atoms with van der Waals surface area (Å²) in [7, 11) is 1.63. The number of benzene rings is 1. The summed E-state index contributed by atoms with van der Waals surface area (Å²) >= 11 is 1.40. The second kappa shape index (κ2) is 17.2. The molecule has 0 aliphatic carbocycles. The molecule has 1 aromatic carbocycles. The molecule has 4 heterocycles. The number of nitrogens with zero attached hydrogens (tertiary/aromatic N) is 4. The smallest absolute Gasteiger partial charge is 0.417 e. The van der Waals surface area contributed by atoms with E-state index in [4.69, 9.17) is 9.84 Å². The van der Waals surface area contributed by atoms with Crippen LogP contribution in [0.2, 0.25) is 0 Å². The minimum absolute atomic E-state index is 0.0298. The number of aromatic hydroxyl groups is 1. The Bertz CT molecular complexity index is 1390. The number of piperidine rings is 1. The van der Waals surface area contributed by atoms with Gasteiger partial charge >= 0.3 is 6.18 Å². The van der Waals surface area contributed by atoms with Crippen LogP contribution in [-0.2, 0) is 11.0 Å². The Balaban J connectivity index is 0.000000558. The van der Waals surface area contributed by atoms with Crippen molar-refractivity contribution in [3.63, 3.8) is 0 Å². The third kappa shape index (κ3) is 9.14. The largest absolute Gasteiger partial charge is 0.499 e. The van der Waals surface area contributed by atoms with E-state index in [0.29, 0.717) is 63.5 Å². The fourth-order valence-electron chi connectivity index (χ4n) is 5.93. The van der Waals surface area contributed by atoms with Gasteiger partial charge in [0.25, 0.3) is 5.91 Å². The van der Waals surface area contributed by atoms with Gasteiger partial charge < -0.3 is 24.5 Å². The van der Waals surface area contributed by atoms with Gasteiger partial charge in [-0.25, -0.2) is 0 Å². The molecule has 2 fully saturated rings. The topological polar surface area (TPSA) is 86.2 Å². The number of halogens is 3. The predicted molar refractivity (Wildman–Crippen MR) is 176 cm³/mol. The second-order valence-corrected chi connectivity index (χ2v) is 12.2. The first-order valence-electron chi connectivity index (χ1n) is 15.8. The summed E-state index contributed by atoms with van der Waals surface area (Å²) in [5.41, 5.74) is -0.481. The maximum atomic E-state index is 13.7. The molecule has 3 aromatic rings. The van der Waals surface area contributed by atoms with Gasteiger partial charge in [-0.15, -0.1) is 11.3 Å². The van der Waals surface area contributed by atoms with Crippen LogP contribution in [0.5, 0.6) is 10.8 Å². The average molecular weight is 663 g/mol. The number of pyridine rings is 1. The van der Waals surface area contributed by atoms with Crippen molar-refractivity contribution in [2.75, 3.05) is 44.7 Å². The zero-order valence-electron chi connectivity index (χ0n) is 27.2. The summed E-state index contributed by atoms with van der Waals surface area (Å²) in [5.74, 6) is -0.406. The molecule has 5 rings (SSSR count). The lowest BCUT2D eigenvalue weighted by atomic mass is 9.84. The number of rotatable bonds is 6. The number of likely N-dealkylation sites (tertiary alicyclic amines) is 1. The summed E-state index contributed by atoms with van der Waals surface area (Å²) in [6.07, 6.45) is -0.221. The van der Waals surface area contributed by atoms with Crippen molar-refractivity contribution in [2.24, 2.45) is 5.92 Å². The molecule has 2 aromatic heterocycles. The van der Waals surface area contributed by atoms with Gasteiger partial charge in [0.15, 0.2) is 5.06 Å². The van der Waals surface area contributed by atoms with Gasteiger partial charge in [0, 0.05) is 56.0 Å². The number of thiophene rings is 1. The van der Waals surface area contributed by atoms with E-state index in [1.165, 1.54) is 16.2 Å². The van der Waals surface area contributed by atoms with Crippen LogP contribution in [0, 0.1) is 12.8 Å². The molecule has 252 valence electrons. The van der Waals surface area contributed by atoms with Crippen LogP contribution in [0.25, 0.3) is 0 Å². The molecule has 2 amide bonds. The standard InChI is InChI=1S/C27H33F3N4O3.C5H6OS.C2H6/c1-3-7-22-19(8-6-13-34(22)26(36)20-18-31-12-11-21(20)27(28,29)30)25(35)33-16-14-32(15-17-33)23-9-4-5-10-24(23)37-2;1-4-2-3-5(6)7-4;1-2/h4-5,9-12,18-19,22H,3,6-8,13-17H2,1-2H3;2-3,6H,1H3;1-2H3/t19-,22?;;/m1../s1. The Morgan fingerprint density at radius 2 is 1.74 bits per heavy atom. The fraction of sp³-hybridized carbons (Fsp3) is 0.500. The molecule has 0 saturated carbocycles. The van der Waals surface area contributed by atoms with Crippen LogP contribution in [0.15, 0.2) is 54.9 Å². The van der Waals surface area contributed by atoms with Crippen LogP contribution in [0.1, 0.15) is 67.3 Å². The highest BCUT2D eigenvalue weighted by Crippen LogP contribution is 2.35. The number of aromatic nitrogens is 1. The minimum atomic E-state index is -4.67. The number of ether oxygens (including phenoxy) is 1. The Morgan fingerprint density at radius 3 is 2.30 bits per heavy atom. The van der Waals surface area contributed by atoms with Crippen LogP contribution < -0.4 is 9.64 Å². The third-order valence-electron chi connectivity index (χ3n) is 8.04. The molecule has 2 aliphatic rings. The quantitative estimate of drug-likeness (QED) is 0.299. The first kappa shape index (κ1) is 36.7. The second-order valence-electron chi connectivity index (χ2n) is 10.9. The van der Waals surface area contributed by atoms with Crippen molar-refractivity contribution >= 4 is 28.8 Å². The van der Waals surface area contributed by atoms with Crippen molar-refractivity contribution in [2.45, 2.75) is 65.6 Å². The van der Waals surface area contributed by atoms with Gasteiger partial charge in [0.2, 0.25) is 5.91 Å². The van der Waals surface area contributed by atoms with E-state index in [-0.39, 0.29) is 5.91 Å². The van der Waals surface area contributed by atoms with Crippen LogP contribution in [-0.4, -0.2) is 77.6 Å². The highest BCUT2D eigenvalue weighted by molar-refractivity contribution is 7.13. The van der Waals surface area contributed by atoms with E-state index in [0.717, 1.165) is 34.8 Å². The SMILES string of the molecule is CC.CCCC1[C@H](C(=O)N2CCN(c3ccccc3OC)CC2)CCCN1C(=O)c1cnccc1C(F)(F)F.Cc1ccc(O)s1. The first-order valence-corrected chi connectivity index (χ1v) is 16.6. The number of hydrogen-bond donors (Lipinski definition) is 1. The molecule has 1 N–H and O–H groups in total. The molecule has 2 aliphatic heterocycles. The number of aryl methyl sites for hydroxylation is 1. The minimum Gasteiger partial charge on any atom is -0.499 e. The van der Waals surface area contributed by atoms with E-state index >= 15 is 0 Å². The van der Waals surface area contributed by atoms with Crippen LogP contribution in [0.3, 0.4) is 0 Å². The van der Waals surface area contributed by atoms with Crippen molar-refractivity contribution in [3.05, 3.63) is 70.9 Å². The lowest BCUT2D eigenvalue weighted by molar-refractivity contribution is -0.140. The Kier molecular flexibility index (Phi) is 13.7. The molecule has 46 heavy (non-hydrogen) atoms. The lowest BCUT2D eigenvalue weighted by Crippen LogP contribution is -2.56. The average Bonchev–Trinajstić information content (AvgIpc) is 3.47. The van der Waals surface area contributed by atoms with Gasteiger partial charge in [-0.1, -0.05) is 39.3 Å². The van der Waals surface area contributed by atoms with E-state index < -0.39 is 35.2 Å². The van der Waals surface area contributed by atoms with E-state index in [2.05, 4.69) is 9.88 Å². The number of hydrogen-bond acceptors (Lipinski definition) is 7. The Hall–Kier alpha value is -3.80. The molecule has 2 saturated heterocycles. The van der Waals surface area contributed by atoms with E-state index in [1.807, 2.05) is 62.9 Å². The zero-order chi connectivity index (χ0) is 33.9. The molecule has 0 spiro atoms. The van der Waals surface area contributed by atoms with Gasteiger partial charge in [-0.3, -0.25) is 14.6 Å². The lowest BCUT2D eigenvalue weighted by Gasteiger charge is -2.44. The summed E-state index contributed by atoms with van der Waals surface area (Å²) in [4.78, 5) is 37.5. The molecule has 0 bridgehead atoms. The number of anilines is 1. The normalized spacial score (nSPS) is 18.1. The van der Waals surface area contributed by atoms with Gasteiger partial charge in [-0.05, 0) is 56.5 Å². The first-order chi connectivity index (χ1) is 22.0. The Morgan fingerprint density at radius 1 is 1.04 bits per heavy atom. The highest BCUT2D eigenvalue weighted by atomic mass is 32.1. The van der Waals surface area contributed by atoms with Gasteiger partial charge in [0.1, 0.15) is 5.75 Å². The summed E-state index contributed by atoms with van der Waals surface area (Å²) < 4.78 is 46.3. The highest BCUT2D eigenvalue weighted by Gasteiger charge is 2.43. The molecular formula is C34H45F3N4O4S. The monoisotopic (exact) mass is 662 g/mol. The number of amides is 2. The summed E-state index contributed by atoms with van der Waals surface area (Å²) in [6.45, 7) is 10.6. The zero-order valence-corrected chi connectivity index (χ0v) is 28.0. The third-order valence-corrected chi connectivity index (χ3v) is 8.84. The van der Waals surface area contributed by atoms with Crippen LogP contribution >= 0.6 is 11.3 Å². The molecule has 0 radical (unpaired) electrons. The molecule has 1 unspecified atom stereocenters. The van der Waals surface area contributed by atoms with Crippen molar-refractivity contribution in [1.82, 2.24) is 14.8 Å². The Labute approximate surface area is 273 Å². The number of carbonyl (C=O) groups excluding carboxylic acids is 2. The molecule has 12 heteroatoms. The predicted octanol–water partition coefficient (Wildman–Crippen LogP) is 7.27. The van der Waals surface area contributed by atoms with Gasteiger partial charge in [-0.2, -0.15) is 13.2 Å². The summed E-state index contributed by atoms with van der Waals surface area (Å²) in [5, 5.41) is 9.07. The van der Waals surface area contributed by atoms with Gasteiger partial charge in [0.05, 0.1) is 29.8 Å². The van der Waals surface area contributed by atoms with E-state index in [1.54, 1.807) is 13.2 Å². The fourth-order valence-corrected chi connectivity index (χ4v) is 6.53. The number of alkyl halides is 3. The number of carbonyl (C=O) groups is 2. The maximum Gasteiger partial charge on any atom is 0.417 e.